The van der Waals surface area contributed by atoms with Crippen LogP contribution in [0.15, 0.2) is 0 Å². The summed E-state index contributed by atoms with van der Waals surface area (Å²) in [6, 6.07) is 0. The first-order valence-corrected chi connectivity index (χ1v) is 9.42. The van der Waals surface area contributed by atoms with Gasteiger partial charge in [0.25, 0.3) is 0 Å². The third kappa shape index (κ3) is 3.11. The lowest BCUT2D eigenvalue weighted by Crippen LogP contribution is -2.44. The number of hydrogen-bond acceptors (Lipinski definition) is 3. The smallest absolute Gasteiger partial charge is 0.192 e. The third-order valence-corrected chi connectivity index (χ3v) is 9.21. The standard InChI is InChI=1S/C13H29NO2Si/c1-12(2,3)17(6,7)16-11-8-13(4,10-15)14(5)9-11/h11,15H,8-10H2,1-7H3/t11-,13?/m1/s1. The first kappa shape index (κ1) is 15.2. The number of likely N-dealkylation sites (N-methyl/N-ethyl adjacent to an activating group) is 1. The molecule has 3 nitrogen and oxygen atoms in total. The Hall–Kier alpha value is 0.0969. The van der Waals surface area contributed by atoms with Gasteiger partial charge in [0.15, 0.2) is 8.32 Å². The molecule has 102 valence electrons. The zero-order valence-corrected chi connectivity index (χ0v) is 13.5. The van der Waals surface area contributed by atoms with Crippen LogP contribution in [-0.4, -0.2) is 50.2 Å². The van der Waals surface area contributed by atoms with E-state index in [4.69, 9.17) is 4.43 Å². The molecule has 0 amide bonds. The highest BCUT2D eigenvalue weighted by Crippen LogP contribution is 2.40. The SMILES string of the molecule is CN1C[C@H](O[Si](C)(C)C(C)(C)C)CC1(C)CO. The zero-order valence-electron chi connectivity index (χ0n) is 12.5. The molecule has 0 spiro atoms. The molecule has 0 aromatic carbocycles. The molecule has 0 saturated carbocycles. The Kier molecular flexibility index (Phi) is 4.14. The summed E-state index contributed by atoms with van der Waals surface area (Å²) in [7, 11) is 0.392. The van der Waals surface area contributed by atoms with Crippen LogP contribution >= 0.6 is 0 Å². The van der Waals surface area contributed by atoms with Gasteiger partial charge in [0.1, 0.15) is 0 Å². The van der Waals surface area contributed by atoms with Crippen LogP contribution in [0, 0.1) is 0 Å². The molecular formula is C13H29NO2Si. The molecule has 0 aliphatic carbocycles. The van der Waals surface area contributed by atoms with Crippen molar-refractivity contribution in [3.8, 4) is 0 Å². The lowest BCUT2D eigenvalue weighted by Gasteiger charge is -2.38. The monoisotopic (exact) mass is 259 g/mol. The summed E-state index contributed by atoms with van der Waals surface area (Å²) in [5, 5.41) is 9.74. The van der Waals surface area contributed by atoms with E-state index in [1.54, 1.807) is 0 Å². The molecule has 1 aliphatic heterocycles. The topological polar surface area (TPSA) is 32.7 Å². The molecule has 17 heavy (non-hydrogen) atoms. The highest BCUT2D eigenvalue weighted by Gasteiger charge is 2.45. The van der Waals surface area contributed by atoms with Crippen molar-refractivity contribution >= 4 is 8.32 Å². The Morgan fingerprint density at radius 3 is 2.29 bits per heavy atom. The van der Waals surface area contributed by atoms with Crippen molar-refractivity contribution < 1.29 is 9.53 Å². The minimum atomic E-state index is -1.68. The van der Waals surface area contributed by atoms with E-state index < -0.39 is 8.32 Å². The van der Waals surface area contributed by atoms with Crippen molar-refractivity contribution in [2.75, 3.05) is 20.2 Å². The number of nitrogens with zero attached hydrogens (tertiary/aromatic N) is 1. The number of aliphatic hydroxyl groups is 1. The van der Waals surface area contributed by atoms with Crippen molar-refractivity contribution in [2.45, 2.75) is 63.9 Å². The predicted molar refractivity (Wildman–Crippen MR) is 74.8 cm³/mol. The Morgan fingerprint density at radius 1 is 1.41 bits per heavy atom. The molecule has 1 heterocycles. The van der Waals surface area contributed by atoms with Crippen LogP contribution in [0.3, 0.4) is 0 Å². The van der Waals surface area contributed by atoms with Crippen LogP contribution in [0.4, 0.5) is 0 Å². The van der Waals surface area contributed by atoms with Crippen LogP contribution in [-0.2, 0) is 4.43 Å². The van der Waals surface area contributed by atoms with Crippen LogP contribution < -0.4 is 0 Å². The maximum absolute atomic E-state index is 9.49. The summed E-state index contributed by atoms with van der Waals surface area (Å²) in [5.74, 6) is 0. The molecule has 1 rings (SSSR count). The molecule has 1 N–H and O–H groups in total. The Balaban J connectivity index is 2.68. The van der Waals surface area contributed by atoms with Gasteiger partial charge >= 0.3 is 0 Å². The molecule has 1 aliphatic rings. The van der Waals surface area contributed by atoms with E-state index in [0.29, 0.717) is 0 Å². The summed E-state index contributed by atoms with van der Waals surface area (Å²) >= 11 is 0. The van der Waals surface area contributed by atoms with E-state index in [1.165, 1.54) is 0 Å². The van der Waals surface area contributed by atoms with Gasteiger partial charge in [0.2, 0.25) is 0 Å². The van der Waals surface area contributed by atoms with Gasteiger partial charge in [0, 0.05) is 12.1 Å². The van der Waals surface area contributed by atoms with Crippen LogP contribution in [0.25, 0.3) is 0 Å². The van der Waals surface area contributed by atoms with E-state index in [-0.39, 0.29) is 23.3 Å². The van der Waals surface area contributed by atoms with E-state index in [2.05, 4.69) is 52.7 Å². The van der Waals surface area contributed by atoms with Crippen LogP contribution in [0.5, 0.6) is 0 Å². The number of likely N-dealkylation sites (tertiary alicyclic amines) is 1. The maximum atomic E-state index is 9.49. The lowest BCUT2D eigenvalue weighted by atomic mass is 10.0. The normalized spacial score (nSPS) is 32.1. The Morgan fingerprint density at radius 2 is 1.94 bits per heavy atom. The van der Waals surface area contributed by atoms with Gasteiger partial charge in [-0.15, -0.1) is 0 Å². The third-order valence-electron chi connectivity index (χ3n) is 4.67. The molecular weight excluding hydrogens is 230 g/mol. The molecule has 1 saturated heterocycles. The fraction of sp³-hybridized carbons (Fsp3) is 1.00. The van der Waals surface area contributed by atoms with E-state index in [0.717, 1.165) is 13.0 Å². The van der Waals surface area contributed by atoms with Crippen molar-refractivity contribution in [1.82, 2.24) is 4.90 Å². The molecule has 0 bridgehead atoms. The molecule has 1 fully saturated rings. The molecule has 2 atom stereocenters. The average Bonchev–Trinajstić information content (AvgIpc) is 2.40. The summed E-state index contributed by atoms with van der Waals surface area (Å²) in [5.41, 5.74) is -0.104. The number of rotatable bonds is 3. The number of aliphatic hydroxyl groups excluding tert-OH is 1. The Labute approximate surface area is 107 Å². The van der Waals surface area contributed by atoms with Crippen LogP contribution in [0.2, 0.25) is 18.1 Å². The first-order chi connectivity index (χ1) is 7.52. The minimum Gasteiger partial charge on any atom is -0.413 e. The van der Waals surface area contributed by atoms with Crippen molar-refractivity contribution in [1.29, 1.82) is 0 Å². The van der Waals surface area contributed by atoms with Crippen LogP contribution in [0.1, 0.15) is 34.1 Å². The van der Waals surface area contributed by atoms with Gasteiger partial charge < -0.3 is 9.53 Å². The van der Waals surface area contributed by atoms with Crippen molar-refractivity contribution in [2.24, 2.45) is 0 Å². The maximum Gasteiger partial charge on any atom is 0.192 e. The molecule has 4 heteroatoms. The van der Waals surface area contributed by atoms with E-state index in [1.807, 2.05) is 0 Å². The van der Waals surface area contributed by atoms with E-state index >= 15 is 0 Å². The minimum absolute atomic E-state index is 0.104. The second-order valence-electron chi connectivity index (χ2n) is 7.24. The quantitative estimate of drug-likeness (QED) is 0.790. The zero-order chi connectivity index (χ0) is 13.5. The summed E-state index contributed by atoms with van der Waals surface area (Å²) in [6.07, 6.45) is 1.21. The fourth-order valence-corrected chi connectivity index (χ4v) is 3.44. The second-order valence-corrected chi connectivity index (χ2v) is 12.0. The Bertz CT molecular complexity index is 275. The highest BCUT2D eigenvalue weighted by molar-refractivity contribution is 6.74. The molecule has 0 aromatic heterocycles. The lowest BCUT2D eigenvalue weighted by molar-refractivity contribution is 0.0995. The largest absolute Gasteiger partial charge is 0.413 e. The van der Waals surface area contributed by atoms with Gasteiger partial charge in [-0.1, -0.05) is 20.8 Å². The van der Waals surface area contributed by atoms with Gasteiger partial charge in [-0.25, -0.2) is 0 Å². The highest BCUT2D eigenvalue weighted by atomic mass is 28.4. The van der Waals surface area contributed by atoms with Crippen molar-refractivity contribution in [3.05, 3.63) is 0 Å². The van der Waals surface area contributed by atoms with E-state index in [9.17, 15) is 5.11 Å². The first-order valence-electron chi connectivity index (χ1n) is 6.52. The summed E-state index contributed by atoms with van der Waals surface area (Å²) < 4.78 is 6.42. The number of hydrogen-bond donors (Lipinski definition) is 1. The van der Waals surface area contributed by atoms with Gasteiger partial charge in [0.05, 0.1) is 12.7 Å². The van der Waals surface area contributed by atoms with Crippen molar-refractivity contribution in [3.63, 3.8) is 0 Å². The predicted octanol–water partition coefficient (Wildman–Crippen LogP) is 2.46. The average molecular weight is 259 g/mol. The van der Waals surface area contributed by atoms with Gasteiger partial charge in [-0.05, 0) is 38.5 Å². The fourth-order valence-electron chi connectivity index (χ4n) is 2.09. The summed E-state index contributed by atoms with van der Waals surface area (Å²) in [4.78, 5) is 2.23. The second kappa shape index (κ2) is 4.65. The molecule has 1 unspecified atom stereocenters. The molecule has 0 radical (unpaired) electrons. The summed E-state index contributed by atoms with van der Waals surface area (Å²) in [6.45, 7) is 14.6. The van der Waals surface area contributed by atoms with Gasteiger partial charge in [-0.3, -0.25) is 4.90 Å². The van der Waals surface area contributed by atoms with Gasteiger partial charge in [-0.2, -0.15) is 0 Å². The molecule has 0 aromatic rings.